The van der Waals surface area contributed by atoms with Crippen LogP contribution in [0.3, 0.4) is 0 Å². The van der Waals surface area contributed by atoms with Crippen molar-refractivity contribution in [1.82, 2.24) is 0 Å². The zero-order valence-corrected chi connectivity index (χ0v) is 18.5. The molecule has 0 bridgehead atoms. The topological polar surface area (TPSA) is 0 Å². The molecule has 0 aliphatic heterocycles. The summed E-state index contributed by atoms with van der Waals surface area (Å²) in [6, 6.07) is 27.2. The molecule has 0 spiro atoms. The minimum Gasteiger partial charge on any atom is -0.813 e. The van der Waals surface area contributed by atoms with Crippen molar-refractivity contribution in [2.45, 2.75) is 0 Å². The van der Waals surface area contributed by atoms with Crippen LogP contribution in [0, 0.1) is 0 Å². The molecule has 4 rings (SSSR count). The van der Waals surface area contributed by atoms with E-state index in [-0.39, 0.29) is 13.5 Å². The first kappa shape index (κ1) is 21.0. The van der Waals surface area contributed by atoms with Crippen LogP contribution in [0.4, 0.5) is 0 Å². The minimum atomic E-state index is -0.826. The maximum atomic E-state index is 4.93. The van der Waals surface area contributed by atoms with Gasteiger partial charge in [-0.25, -0.2) is 0 Å². The summed E-state index contributed by atoms with van der Waals surface area (Å²) in [5, 5.41) is 5.26. The van der Waals surface area contributed by atoms with Gasteiger partial charge in [0.25, 0.3) is 0 Å². The average Bonchev–Trinajstić information content (AvgIpc) is 3.13. The molecule has 5 heteroatoms. The van der Waals surface area contributed by atoms with Crippen molar-refractivity contribution in [3.63, 3.8) is 0 Å². The fraction of sp³-hybridized carbons (Fsp3) is 0. The molecule has 4 aromatic rings. The van der Waals surface area contributed by atoms with Crippen molar-refractivity contribution in [2.75, 3.05) is 0 Å². The van der Waals surface area contributed by atoms with Crippen LogP contribution in [-0.2, 0) is 34.3 Å². The standard InChI is InChI=1S/C9H6Br.C9H7.2ClH.H2S.Zr/c10-9-5-7-3-1-2-4-8(7)6-9;1-2-5-9-7-3-6-8(9)4-1;;;;/h1-6H;1-7H;2*1H;1H2;/q2*-1;;;;+2/p-3. The van der Waals surface area contributed by atoms with Crippen molar-refractivity contribution in [1.29, 1.82) is 0 Å². The molecule has 0 aromatic heterocycles. The molecule has 0 atom stereocenters. The van der Waals surface area contributed by atoms with Crippen LogP contribution < -0.4 is 0 Å². The second-order valence-corrected chi connectivity index (χ2v) is 9.18. The molecule has 0 fully saturated rings. The van der Waals surface area contributed by atoms with Crippen LogP contribution in [0.1, 0.15) is 0 Å². The van der Waals surface area contributed by atoms with E-state index < -0.39 is 20.8 Å². The monoisotopic (exact) mass is 501 g/mol. The maximum absolute atomic E-state index is 4.93. The Hall–Kier alpha value is -0.0469. The zero-order chi connectivity index (χ0) is 15.8. The molecule has 4 aromatic carbocycles. The van der Waals surface area contributed by atoms with Gasteiger partial charge in [-0.1, -0.05) is 32.5 Å². The average molecular weight is 504 g/mol. The van der Waals surface area contributed by atoms with Gasteiger partial charge in [0.15, 0.2) is 0 Å². The van der Waals surface area contributed by atoms with Crippen molar-refractivity contribution in [3.05, 3.63) is 83.3 Å². The summed E-state index contributed by atoms with van der Waals surface area (Å²) in [6.07, 6.45) is 0. The largest absolute Gasteiger partial charge is 0.813 e. The number of fused-ring (bicyclic) bond motifs is 2. The Morgan fingerprint density at radius 1 is 0.826 bits per heavy atom. The summed E-state index contributed by atoms with van der Waals surface area (Å²) in [5.41, 5.74) is 0. The second-order valence-electron chi connectivity index (χ2n) is 4.53. The summed E-state index contributed by atoms with van der Waals surface area (Å²) in [4.78, 5) is 0. The van der Waals surface area contributed by atoms with Gasteiger partial charge in [0.1, 0.15) is 0 Å². The first-order valence-corrected chi connectivity index (χ1v) is 13.7. The number of benzene rings is 2. The van der Waals surface area contributed by atoms with E-state index in [4.69, 9.17) is 17.0 Å². The molecule has 0 N–H and O–H groups in total. The van der Waals surface area contributed by atoms with Crippen molar-refractivity contribution < 1.29 is 20.8 Å². The van der Waals surface area contributed by atoms with E-state index in [1.807, 2.05) is 0 Å². The van der Waals surface area contributed by atoms with Crippen molar-refractivity contribution >= 4 is 68.0 Å². The third-order valence-electron chi connectivity index (χ3n) is 3.13. The first-order valence-electron chi connectivity index (χ1n) is 6.62. The number of thiol groups is 1. The van der Waals surface area contributed by atoms with E-state index in [1.165, 1.54) is 21.5 Å². The van der Waals surface area contributed by atoms with Crippen LogP contribution in [0.25, 0.3) is 21.5 Å². The van der Waals surface area contributed by atoms with Gasteiger partial charge in [0.2, 0.25) is 0 Å². The van der Waals surface area contributed by atoms with Crippen LogP contribution in [0.15, 0.2) is 83.3 Å². The number of hydrogen-bond donors (Lipinski definition) is 0. The van der Waals surface area contributed by atoms with E-state index >= 15 is 0 Å². The number of rotatable bonds is 0. The van der Waals surface area contributed by atoms with E-state index in [9.17, 15) is 0 Å². The third-order valence-corrected chi connectivity index (χ3v) is 3.59. The molecule has 0 amide bonds. The summed E-state index contributed by atoms with van der Waals surface area (Å²) in [6.45, 7) is 0. The van der Waals surface area contributed by atoms with E-state index in [0.717, 1.165) is 4.47 Å². The van der Waals surface area contributed by atoms with Crippen LogP contribution in [0.2, 0.25) is 0 Å². The smallest absolute Gasteiger partial charge is 0.0809 e. The zero-order valence-electron chi connectivity index (χ0n) is 12.1. The second kappa shape index (κ2) is 11.5. The third kappa shape index (κ3) is 6.76. The van der Waals surface area contributed by atoms with Gasteiger partial charge >= 0.3 is 37.9 Å². The Morgan fingerprint density at radius 3 is 2.00 bits per heavy atom. The summed E-state index contributed by atoms with van der Waals surface area (Å²) >= 11 is 2.60. The molecular weight excluding hydrogens is 490 g/mol. The SMILES string of the molecule is Brc1cc2ccccc2[cH-]1.[Cl][Zr][Cl].[SH-].c1ccc2[cH-]ccc2c1. The Kier molecular flexibility index (Phi) is 10.5. The first-order chi connectivity index (χ1) is 10.7. The molecule has 0 saturated heterocycles. The van der Waals surface area contributed by atoms with Crippen molar-refractivity contribution in [3.8, 4) is 0 Å². The summed E-state index contributed by atoms with van der Waals surface area (Å²) < 4.78 is 1.16. The number of halogens is 3. The van der Waals surface area contributed by atoms with Gasteiger partial charge < -0.3 is 13.5 Å². The minimum absolute atomic E-state index is 0. The molecule has 0 heterocycles. The Labute approximate surface area is 170 Å². The molecule has 0 nitrogen and oxygen atoms in total. The van der Waals surface area contributed by atoms with Crippen LogP contribution >= 0.6 is 33.0 Å². The maximum Gasteiger partial charge on any atom is -0.0809 e. The van der Waals surface area contributed by atoms with Crippen LogP contribution in [-0.4, -0.2) is 0 Å². The fourth-order valence-electron chi connectivity index (χ4n) is 2.18. The van der Waals surface area contributed by atoms with Gasteiger partial charge in [-0.2, -0.15) is 23.6 Å². The van der Waals surface area contributed by atoms with Gasteiger partial charge in [0, 0.05) is 0 Å². The molecule has 120 valence electrons. The van der Waals surface area contributed by atoms with Crippen LogP contribution in [0.5, 0.6) is 0 Å². The van der Waals surface area contributed by atoms with Crippen molar-refractivity contribution in [2.24, 2.45) is 0 Å². The molecule has 0 aliphatic rings. The summed E-state index contributed by atoms with van der Waals surface area (Å²) in [7, 11) is 9.87. The van der Waals surface area contributed by atoms with Gasteiger partial charge in [-0.05, 0) is 0 Å². The van der Waals surface area contributed by atoms with Gasteiger partial charge in [-0.15, -0.1) is 64.7 Å². The van der Waals surface area contributed by atoms with Gasteiger partial charge in [-0.3, -0.25) is 0 Å². The van der Waals surface area contributed by atoms with Gasteiger partial charge in [0.05, 0.1) is 0 Å². The normalized spacial score (nSPS) is 9.17. The Balaban J connectivity index is 0.000000191. The van der Waals surface area contributed by atoms with E-state index in [1.54, 1.807) is 0 Å². The molecule has 0 unspecified atom stereocenters. The summed E-state index contributed by atoms with van der Waals surface area (Å²) in [5.74, 6) is 0. The Bertz CT molecular complexity index is 763. The molecule has 0 radical (unpaired) electrons. The predicted molar refractivity (Wildman–Crippen MR) is 107 cm³/mol. The molecular formula is C18H14BrCl2SZr-3. The van der Waals surface area contributed by atoms with E-state index in [2.05, 4.69) is 94.8 Å². The quantitative estimate of drug-likeness (QED) is 0.141. The molecule has 0 aliphatic carbocycles. The Morgan fingerprint density at radius 2 is 1.39 bits per heavy atom. The predicted octanol–water partition coefficient (Wildman–Crippen LogP) is 6.99. The molecule has 0 saturated carbocycles. The fourth-order valence-corrected chi connectivity index (χ4v) is 2.68. The molecule has 23 heavy (non-hydrogen) atoms. The van der Waals surface area contributed by atoms with E-state index in [0.29, 0.717) is 0 Å². The number of hydrogen-bond acceptors (Lipinski definition) is 1.